The second-order valence-electron chi connectivity index (χ2n) is 6.48. The van der Waals surface area contributed by atoms with Crippen LogP contribution in [0, 0.1) is 0 Å². The van der Waals surface area contributed by atoms with E-state index in [4.69, 9.17) is 21.1 Å². The van der Waals surface area contributed by atoms with E-state index in [0.29, 0.717) is 28.6 Å². The van der Waals surface area contributed by atoms with E-state index in [0.717, 1.165) is 26.7 Å². The average molecular weight is 480 g/mol. The zero-order chi connectivity index (χ0) is 22.4. The van der Waals surface area contributed by atoms with Gasteiger partial charge >= 0.3 is 0 Å². The SMILES string of the molecule is CCCC(=O)Nc1ccc2nc(SCC(=O)Nc3cc(Cl)c(OC)cc3OC)sc2c1. The molecule has 31 heavy (non-hydrogen) atoms. The van der Waals surface area contributed by atoms with Gasteiger partial charge in [0, 0.05) is 18.2 Å². The molecule has 1 heterocycles. The standard InChI is InChI=1S/C21H22ClN3O4S2/c1-4-5-19(26)23-12-6-7-14-18(8-12)31-21(25-14)30-11-20(27)24-15-9-13(22)16(28-2)10-17(15)29-3/h6-10H,4-5,11H2,1-3H3,(H,23,26)(H,24,27). The van der Waals surface area contributed by atoms with Gasteiger partial charge in [0.05, 0.1) is 40.9 Å². The molecule has 0 aliphatic rings. The average Bonchev–Trinajstić information content (AvgIpc) is 3.15. The van der Waals surface area contributed by atoms with Crippen LogP contribution in [0.3, 0.4) is 0 Å². The highest BCUT2D eigenvalue weighted by Gasteiger charge is 2.14. The van der Waals surface area contributed by atoms with Crippen LogP contribution in [0.2, 0.25) is 5.02 Å². The third-order valence-corrected chi connectivity index (χ3v) is 6.66. The van der Waals surface area contributed by atoms with Crippen LogP contribution >= 0.6 is 34.7 Å². The predicted octanol–water partition coefficient (Wildman–Crippen LogP) is 5.44. The lowest BCUT2D eigenvalue weighted by Gasteiger charge is -2.12. The summed E-state index contributed by atoms with van der Waals surface area (Å²) >= 11 is 8.96. The molecule has 2 aromatic carbocycles. The summed E-state index contributed by atoms with van der Waals surface area (Å²) in [6.45, 7) is 1.96. The van der Waals surface area contributed by atoms with E-state index >= 15 is 0 Å². The molecule has 164 valence electrons. The molecule has 7 nitrogen and oxygen atoms in total. The fraction of sp³-hybridized carbons (Fsp3) is 0.286. The minimum Gasteiger partial charge on any atom is -0.495 e. The summed E-state index contributed by atoms with van der Waals surface area (Å²) in [7, 11) is 3.02. The molecule has 2 N–H and O–H groups in total. The summed E-state index contributed by atoms with van der Waals surface area (Å²) in [5.41, 5.74) is 2.04. The maximum absolute atomic E-state index is 12.4. The molecule has 0 radical (unpaired) electrons. The number of thiazole rings is 1. The van der Waals surface area contributed by atoms with Crippen molar-refractivity contribution in [2.24, 2.45) is 0 Å². The van der Waals surface area contributed by atoms with E-state index in [2.05, 4.69) is 15.6 Å². The number of anilines is 2. The molecule has 0 bridgehead atoms. The Morgan fingerprint density at radius 3 is 2.58 bits per heavy atom. The van der Waals surface area contributed by atoms with Gasteiger partial charge in [-0.25, -0.2) is 4.98 Å². The Hall–Kier alpha value is -2.49. The molecule has 2 amide bonds. The van der Waals surface area contributed by atoms with Gasteiger partial charge in [-0.1, -0.05) is 30.3 Å². The van der Waals surface area contributed by atoms with Gasteiger partial charge in [0.15, 0.2) is 4.34 Å². The van der Waals surface area contributed by atoms with Crippen molar-refractivity contribution >= 4 is 68.1 Å². The summed E-state index contributed by atoms with van der Waals surface area (Å²) in [6, 6.07) is 8.80. The molecular weight excluding hydrogens is 458 g/mol. The van der Waals surface area contributed by atoms with Crippen molar-refractivity contribution < 1.29 is 19.1 Å². The first kappa shape index (κ1) is 23.2. The van der Waals surface area contributed by atoms with Gasteiger partial charge in [0.1, 0.15) is 11.5 Å². The van der Waals surface area contributed by atoms with Gasteiger partial charge in [0.2, 0.25) is 11.8 Å². The molecule has 10 heteroatoms. The van der Waals surface area contributed by atoms with E-state index in [1.165, 1.54) is 37.3 Å². The number of benzene rings is 2. The molecule has 0 aliphatic heterocycles. The lowest BCUT2D eigenvalue weighted by Crippen LogP contribution is -2.14. The van der Waals surface area contributed by atoms with Gasteiger partial charge in [-0.15, -0.1) is 11.3 Å². The molecule has 0 atom stereocenters. The van der Waals surface area contributed by atoms with Crippen LogP contribution in [-0.4, -0.2) is 36.8 Å². The number of nitrogens with zero attached hydrogens (tertiary/aromatic N) is 1. The fourth-order valence-electron chi connectivity index (χ4n) is 2.76. The van der Waals surface area contributed by atoms with Crippen LogP contribution in [0.25, 0.3) is 10.2 Å². The first-order chi connectivity index (χ1) is 14.9. The molecule has 0 saturated carbocycles. The van der Waals surface area contributed by atoms with E-state index < -0.39 is 0 Å². The Morgan fingerprint density at radius 1 is 1.10 bits per heavy atom. The molecule has 0 spiro atoms. The first-order valence-electron chi connectivity index (χ1n) is 9.48. The van der Waals surface area contributed by atoms with Crippen molar-refractivity contribution in [2.75, 3.05) is 30.6 Å². The minimum absolute atomic E-state index is 0.00769. The van der Waals surface area contributed by atoms with Crippen molar-refractivity contribution in [1.82, 2.24) is 4.98 Å². The number of carbonyl (C=O) groups excluding carboxylic acids is 2. The first-order valence-corrected chi connectivity index (χ1v) is 11.7. The Kier molecular flexibility index (Phi) is 8.00. The predicted molar refractivity (Wildman–Crippen MR) is 127 cm³/mol. The summed E-state index contributed by atoms with van der Waals surface area (Å²) in [5, 5.41) is 6.06. The van der Waals surface area contributed by atoms with Crippen molar-refractivity contribution in [3.8, 4) is 11.5 Å². The van der Waals surface area contributed by atoms with Gasteiger partial charge in [-0.3, -0.25) is 9.59 Å². The summed E-state index contributed by atoms with van der Waals surface area (Å²) in [6.07, 6.45) is 1.28. The van der Waals surface area contributed by atoms with Crippen molar-refractivity contribution in [3.63, 3.8) is 0 Å². The van der Waals surface area contributed by atoms with Crippen molar-refractivity contribution in [3.05, 3.63) is 35.4 Å². The van der Waals surface area contributed by atoms with Crippen LogP contribution in [0.1, 0.15) is 19.8 Å². The van der Waals surface area contributed by atoms with Crippen molar-refractivity contribution in [2.45, 2.75) is 24.1 Å². The lowest BCUT2D eigenvalue weighted by molar-refractivity contribution is -0.116. The van der Waals surface area contributed by atoms with E-state index in [1.54, 1.807) is 12.1 Å². The third kappa shape index (κ3) is 6.03. The number of hydrogen-bond donors (Lipinski definition) is 2. The van der Waals surface area contributed by atoms with Crippen LogP contribution in [-0.2, 0) is 9.59 Å². The summed E-state index contributed by atoms with van der Waals surface area (Å²) < 4.78 is 12.2. The maximum Gasteiger partial charge on any atom is 0.234 e. The third-order valence-electron chi connectivity index (χ3n) is 4.20. The van der Waals surface area contributed by atoms with E-state index in [-0.39, 0.29) is 17.6 Å². The monoisotopic (exact) mass is 479 g/mol. The van der Waals surface area contributed by atoms with Gasteiger partial charge < -0.3 is 20.1 Å². The number of methoxy groups -OCH3 is 2. The number of carbonyl (C=O) groups is 2. The number of halogens is 1. The normalized spacial score (nSPS) is 10.7. The number of aromatic nitrogens is 1. The lowest BCUT2D eigenvalue weighted by atomic mass is 10.2. The number of fused-ring (bicyclic) bond motifs is 1. The van der Waals surface area contributed by atoms with Gasteiger partial charge in [-0.2, -0.15) is 0 Å². The molecule has 3 rings (SSSR count). The van der Waals surface area contributed by atoms with E-state index in [1.807, 2.05) is 25.1 Å². The van der Waals surface area contributed by atoms with Crippen LogP contribution in [0.15, 0.2) is 34.7 Å². The summed E-state index contributed by atoms with van der Waals surface area (Å²) in [5.74, 6) is 0.873. The fourth-order valence-corrected chi connectivity index (χ4v) is 4.91. The largest absolute Gasteiger partial charge is 0.495 e. The molecular formula is C21H22ClN3O4S2. The second kappa shape index (κ2) is 10.7. The minimum atomic E-state index is -0.212. The van der Waals surface area contributed by atoms with Crippen LogP contribution < -0.4 is 20.1 Å². The van der Waals surface area contributed by atoms with Gasteiger partial charge in [-0.05, 0) is 30.7 Å². The zero-order valence-corrected chi connectivity index (χ0v) is 19.7. The number of thioether (sulfide) groups is 1. The highest BCUT2D eigenvalue weighted by atomic mass is 35.5. The quantitative estimate of drug-likeness (QED) is 0.397. The number of hydrogen-bond acceptors (Lipinski definition) is 7. The summed E-state index contributed by atoms with van der Waals surface area (Å²) in [4.78, 5) is 28.8. The van der Waals surface area contributed by atoms with Crippen molar-refractivity contribution in [1.29, 1.82) is 0 Å². The highest BCUT2D eigenvalue weighted by Crippen LogP contribution is 2.36. The van der Waals surface area contributed by atoms with Gasteiger partial charge in [0.25, 0.3) is 0 Å². The topological polar surface area (TPSA) is 89.6 Å². The molecule has 0 unspecified atom stereocenters. The molecule has 0 saturated heterocycles. The Labute approximate surface area is 193 Å². The Balaban J connectivity index is 1.64. The zero-order valence-electron chi connectivity index (χ0n) is 17.3. The Bertz CT molecular complexity index is 1100. The molecule has 0 aliphatic carbocycles. The number of amides is 2. The van der Waals surface area contributed by atoms with Crippen LogP contribution in [0.5, 0.6) is 11.5 Å². The molecule has 1 aromatic heterocycles. The molecule has 3 aromatic rings. The number of ether oxygens (including phenoxy) is 2. The smallest absolute Gasteiger partial charge is 0.234 e. The maximum atomic E-state index is 12.4. The number of nitrogens with one attached hydrogen (secondary N) is 2. The number of rotatable bonds is 9. The Morgan fingerprint density at radius 2 is 1.87 bits per heavy atom. The van der Waals surface area contributed by atoms with Crippen LogP contribution in [0.4, 0.5) is 11.4 Å². The highest BCUT2D eigenvalue weighted by molar-refractivity contribution is 8.01. The molecule has 0 fully saturated rings. The second-order valence-corrected chi connectivity index (χ2v) is 9.14. The van der Waals surface area contributed by atoms with E-state index in [9.17, 15) is 9.59 Å².